The molecule has 0 bridgehead atoms. The Balaban J connectivity index is 0.000000454. The minimum atomic E-state index is -5.08. The van der Waals surface area contributed by atoms with Crippen molar-refractivity contribution in [3.05, 3.63) is 78.4 Å². The average Bonchev–Trinajstić information content (AvgIpc) is 2.87. The number of aliphatic carboxylic acids is 1. The van der Waals surface area contributed by atoms with Gasteiger partial charge in [-0.05, 0) is 29.8 Å². The number of pyridine rings is 2. The summed E-state index contributed by atoms with van der Waals surface area (Å²) in [5, 5.41) is 11.1. The fourth-order valence-electron chi connectivity index (χ4n) is 2.97. The molecule has 0 spiro atoms. The zero-order chi connectivity index (χ0) is 26.3. The minimum absolute atomic E-state index is 0.0681. The van der Waals surface area contributed by atoms with Gasteiger partial charge in [-0.1, -0.05) is 18.2 Å². The monoisotopic (exact) mass is 498 g/mol. The summed E-state index contributed by atoms with van der Waals surface area (Å²) in [5.74, 6) is -2.30. The lowest BCUT2D eigenvalue weighted by Gasteiger charge is -2.14. The Morgan fingerprint density at radius 2 is 1.64 bits per heavy atom. The van der Waals surface area contributed by atoms with Gasteiger partial charge in [-0.15, -0.1) is 0 Å². The summed E-state index contributed by atoms with van der Waals surface area (Å²) >= 11 is 0. The number of anilines is 1. The van der Waals surface area contributed by atoms with Crippen LogP contribution in [0.1, 0.15) is 15.9 Å². The summed E-state index contributed by atoms with van der Waals surface area (Å²) in [6.07, 6.45) is 1.84. The maximum atomic E-state index is 12.7. The van der Waals surface area contributed by atoms with Gasteiger partial charge in [0.1, 0.15) is 0 Å². The molecule has 0 unspecified atom stereocenters. The molecule has 0 aliphatic carbocycles. The first-order valence-electron chi connectivity index (χ1n) is 10.4. The van der Waals surface area contributed by atoms with Crippen LogP contribution in [0.4, 0.5) is 19.1 Å². The Morgan fingerprint density at radius 1 is 1.03 bits per heavy atom. The minimum Gasteiger partial charge on any atom is -0.475 e. The van der Waals surface area contributed by atoms with Crippen molar-refractivity contribution in [3.8, 4) is 11.3 Å². The van der Waals surface area contributed by atoms with Crippen LogP contribution in [0.5, 0.6) is 0 Å². The van der Waals surface area contributed by atoms with Crippen LogP contribution < -0.4 is 5.32 Å². The van der Waals surface area contributed by atoms with E-state index in [-0.39, 0.29) is 5.91 Å². The van der Waals surface area contributed by atoms with Crippen LogP contribution in [0.25, 0.3) is 22.2 Å². The quantitative estimate of drug-likeness (QED) is 0.423. The Bertz CT molecular complexity index is 1350. The van der Waals surface area contributed by atoms with Crippen LogP contribution in [0.2, 0.25) is 0 Å². The number of alkyl halides is 3. The molecule has 0 saturated heterocycles. The van der Waals surface area contributed by atoms with E-state index >= 15 is 0 Å². The Labute approximate surface area is 203 Å². The molecular formula is C24H21F3N6O3. The van der Waals surface area contributed by atoms with E-state index in [4.69, 9.17) is 14.9 Å². The number of halogens is 3. The van der Waals surface area contributed by atoms with E-state index in [1.165, 1.54) is 0 Å². The van der Waals surface area contributed by atoms with E-state index < -0.39 is 12.1 Å². The molecule has 0 atom stereocenters. The van der Waals surface area contributed by atoms with E-state index in [2.05, 4.69) is 20.3 Å². The fraction of sp³-hybridized carbons (Fsp3) is 0.167. The highest BCUT2D eigenvalue weighted by molar-refractivity contribution is 6.07. The molecule has 3 aromatic heterocycles. The molecule has 0 saturated carbocycles. The summed E-state index contributed by atoms with van der Waals surface area (Å²) < 4.78 is 31.7. The van der Waals surface area contributed by atoms with Crippen LogP contribution in [0, 0.1) is 0 Å². The van der Waals surface area contributed by atoms with Gasteiger partial charge in [0.05, 0.1) is 16.8 Å². The van der Waals surface area contributed by atoms with Crippen molar-refractivity contribution >= 4 is 28.7 Å². The number of fused-ring (bicyclic) bond motifs is 1. The molecule has 36 heavy (non-hydrogen) atoms. The largest absolute Gasteiger partial charge is 0.490 e. The van der Waals surface area contributed by atoms with Crippen molar-refractivity contribution in [3.63, 3.8) is 0 Å². The number of carbonyl (C=O) groups is 2. The average molecular weight is 498 g/mol. The van der Waals surface area contributed by atoms with Crippen molar-refractivity contribution < 1.29 is 27.9 Å². The zero-order valence-electron chi connectivity index (χ0n) is 19.2. The molecule has 0 fully saturated rings. The summed E-state index contributed by atoms with van der Waals surface area (Å²) in [6, 6.07) is 13.3. The first-order chi connectivity index (χ1) is 17.1. The first-order valence-corrected chi connectivity index (χ1v) is 10.4. The smallest absolute Gasteiger partial charge is 0.475 e. The van der Waals surface area contributed by atoms with E-state index in [1.807, 2.05) is 36.4 Å². The van der Waals surface area contributed by atoms with Gasteiger partial charge in [0.2, 0.25) is 5.95 Å². The third-order valence-electron chi connectivity index (χ3n) is 4.74. The Hall–Kier alpha value is -4.61. The molecular weight excluding hydrogens is 477 g/mol. The number of para-hydroxylation sites is 1. The van der Waals surface area contributed by atoms with Gasteiger partial charge >= 0.3 is 12.1 Å². The lowest BCUT2D eigenvalue weighted by molar-refractivity contribution is -0.192. The normalized spacial score (nSPS) is 10.8. The molecule has 12 heteroatoms. The predicted octanol–water partition coefficient (Wildman–Crippen LogP) is 4.03. The summed E-state index contributed by atoms with van der Waals surface area (Å²) in [4.78, 5) is 40.6. The van der Waals surface area contributed by atoms with Crippen molar-refractivity contribution in [2.24, 2.45) is 0 Å². The van der Waals surface area contributed by atoms with Crippen molar-refractivity contribution in [2.75, 3.05) is 19.4 Å². The number of benzene rings is 1. The number of nitrogens with zero attached hydrogens (tertiary/aromatic N) is 5. The van der Waals surface area contributed by atoms with Crippen molar-refractivity contribution in [2.45, 2.75) is 12.7 Å². The number of aromatic nitrogens is 4. The lowest BCUT2D eigenvalue weighted by Crippen LogP contribution is -2.22. The number of nitrogens with one attached hydrogen (secondary N) is 1. The first kappa shape index (κ1) is 26.0. The van der Waals surface area contributed by atoms with E-state index in [1.54, 1.807) is 49.8 Å². The van der Waals surface area contributed by atoms with Crippen LogP contribution in [-0.2, 0) is 11.3 Å². The number of amides is 1. The fourth-order valence-corrected chi connectivity index (χ4v) is 2.97. The topological polar surface area (TPSA) is 121 Å². The molecule has 3 heterocycles. The maximum Gasteiger partial charge on any atom is 0.490 e. The Kier molecular flexibility index (Phi) is 8.10. The van der Waals surface area contributed by atoms with Gasteiger partial charge in [0.15, 0.2) is 0 Å². The zero-order valence-corrected chi connectivity index (χ0v) is 19.2. The second-order valence-corrected chi connectivity index (χ2v) is 7.58. The molecule has 186 valence electrons. The summed E-state index contributed by atoms with van der Waals surface area (Å²) in [5.41, 5.74) is 3.87. The number of carboxylic acid groups (broad SMARTS) is 1. The van der Waals surface area contributed by atoms with E-state index in [0.717, 1.165) is 22.0 Å². The number of hydrogen-bond acceptors (Lipinski definition) is 7. The molecule has 9 nitrogen and oxygen atoms in total. The number of carboxylic acids is 1. The van der Waals surface area contributed by atoms with Gasteiger partial charge in [-0.25, -0.2) is 19.7 Å². The number of rotatable bonds is 5. The molecule has 1 amide bonds. The second-order valence-electron chi connectivity index (χ2n) is 7.58. The van der Waals surface area contributed by atoms with Crippen LogP contribution in [0.3, 0.4) is 0 Å². The highest BCUT2D eigenvalue weighted by Gasteiger charge is 2.38. The lowest BCUT2D eigenvalue weighted by atomic mass is 10.0. The predicted molar refractivity (Wildman–Crippen MR) is 126 cm³/mol. The van der Waals surface area contributed by atoms with E-state index in [9.17, 15) is 18.0 Å². The molecule has 0 radical (unpaired) electrons. The van der Waals surface area contributed by atoms with Crippen LogP contribution in [0.15, 0.2) is 67.3 Å². The molecule has 4 aromatic rings. The van der Waals surface area contributed by atoms with Gasteiger partial charge in [0.25, 0.3) is 5.91 Å². The SMILES string of the molecule is CN(C)C(=O)c1cc(-c2cnc(NCc3ccncc3)nc2)nc2ccccc12.O=C(O)C(F)(F)F. The summed E-state index contributed by atoms with van der Waals surface area (Å²) in [6.45, 7) is 0.609. The van der Waals surface area contributed by atoms with Gasteiger partial charge < -0.3 is 15.3 Å². The van der Waals surface area contributed by atoms with Crippen LogP contribution >= 0.6 is 0 Å². The number of carbonyl (C=O) groups excluding carboxylic acids is 1. The highest BCUT2D eigenvalue weighted by atomic mass is 19.4. The molecule has 2 N–H and O–H groups in total. The highest BCUT2D eigenvalue weighted by Crippen LogP contribution is 2.25. The standard InChI is InChI=1S/C22H20N6O.C2HF3O2/c1-28(2)21(29)18-11-20(27-19-6-4-3-5-17(18)19)16-13-25-22(26-14-16)24-12-15-7-9-23-10-8-15;3-2(4,5)1(6)7/h3-11,13-14H,12H2,1-2H3,(H,24,25,26);(H,6,7). The second kappa shape index (κ2) is 11.2. The van der Waals surface area contributed by atoms with Crippen LogP contribution in [-0.4, -0.2) is 62.1 Å². The van der Waals surface area contributed by atoms with E-state index in [0.29, 0.717) is 23.8 Å². The Morgan fingerprint density at radius 3 is 2.22 bits per heavy atom. The molecule has 1 aromatic carbocycles. The number of hydrogen-bond donors (Lipinski definition) is 2. The molecule has 0 aliphatic heterocycles. The van der Waals surface area contributed by atoms with Gasteiger partial charge in [0, 0.05) is 56.4 Å². The molecule has 0 aliphatic rings. The van der Waals surface area contributed by atoms with Gasteiger partial charge in [-0.3, -0.25) is 9.78 Å². The van der Waals surface area contributed by atoms with Crippen molar-refractivity contribution in [1.29, 1.82) is 0 Å². The summed E-state index contributed by atoms with van der Waals surface area (Å²) in [7, 11) is 3.48. The third-order valence-corrected chi connectivity index (χ3v) is 4.74. The third kappa shape index (κ3) is 6.72. The van der Waals surface area contributed by atoms with Crippen molar-refractivity contribution in [1.82, 2.24) is 24.8 Å². The van der Waals surface area contributed by atoms with Gasteiger partial charge in [-0.2, -0.15) is 13.2 Å². The maximum absolute atomic E-state index is 12.7. The molecule has 4 rings (SSSR count).